The van der Waals surface area contributed by atoms with E-state index in [1.54, 1.807) is 48.5 Å². The summed E-state index contributed by atoms with van der Waals surface area (Å²) in [5.41, 5.74) is 2.92. The summed E-state index contributed by atoms with van der Waals surface area (Å²) in [7, 11) is -4.06. The Morgan fingerprint density at radius 2 is 1.71 bits per heavy atom. The summed E-state index contributed by atoms with van der Waals surface area (Å²) in [6.07, 6.45) is 0.733. The molecule has 7 nitrogen and oxygen atoms in total. The van der Waals surface area contributed by atoms with Crippen molar-refractivity contribution >= 4 is 44.4 Å². The van der Waals surface area contributed by atoms with Crippen LogP contribution in [0.5, 0.6) is 0 Å². The number of benzene rings is 3. The molecule has 0 saturated heterocycles. The lowest BCUT2D eigenvalue weighted by Gasteiger charge is -2.20. The zero-order chi connectivity index (χ0) is 21.8. The molecule has 3 aromatic carbocycles. The number of carbonyl (C=O) groups excluding carboxylic acids is 1. The largest absolute Gasteiger partial charge is 0.324 e. The molecule has 4 aromatic rings. The van der Waals surface area contributed by atoms with Crippen LogP contribution in [0.4, 0.5) is 5.69 Å². The molecule has 31 heavy (non-hydrogen) atoms. The zero-order valence-electron chi connectivity index (χ0n) is 16.6. The predicted molar refractivity (Wildman–Crippen MR) is 121 cm³/mol. The molecular weight excluding hydrogens is 432 g/mol. The Balaban J connectivity index is 1.70. The third-order valence-electron chi connectivity index (χ3n) is 4.86. The minimum atomic E-state index is -4.06. The lowest BCUT2D eigenvalue weighted by molar-refractivity contribution is -0.117. The molecule has 1 aromatic heterocycles. The number of sulfonamides is 1. The number of nitrogens with one attached hydrogen (secondary N) is 2. The predicted octanol–water partition coefficient (Wildman–Crippen LogP) is 3.91. The number of hydrogen-bond acceptors (Lipinski definition) is 6. The van der Waals surface area contributed by atoms with E-state index in [4.69, 9.17) is 0 Å². The lowest BCUT2D eigenvalue weighted by Crippen LogP contribution is -2.37. The van der Waals surface area contributed by atoms with Crippen molar-refractivity contribution in [2.24, 2.45) is 0 Å². The van der Waals surface area contributed by atoms with Crippen LogP contribution in [0.1, 0.15) is 24.1 Å². The fourth-order valence-electron chi connectivity index (χ4n) is 3.29. The van der Waals surface area contributed by atoms with Crippen molar-refractivity contribution in [3.63, 3.8) is 0 Å². The highest BCUT2D eigenvalue weighted by Crippen LogP contribution is 2.25. The maximum absolute atomic E-state index is 13.3. The van der Waals surface area contributed by atoms with Crippen LogP contribution in [0.2, 0.25) is 0 Å². The van der Waals surface area contributed by atoms with E-state index in [-0.39, 0.29) is 10.4 Å². The Morgan fingerprint density at radius 3 is 2.48 bits per heavy atom. The fraction of sp³-hybridized carbons (Fsp3) is 0.136. The van der Waals surface area contributed by atoms with Gasteiger partial charge in [-0.1, -0.05) is 61.5 Å². The molecule has 0 aliphatic rings. The summed E-state index contributed by atoms with van der Waals surface area (Å²) in [5, 5.41) is 2.87. The van der Waals surface area contributed by atoms with E-state index in [1.807, 2.05) is 25.1 Å². The Morgan fingerprint density at radius 1 is 0.968 bits per heavy atom. The van der Waals surface area contributed by atoms with Crippen LogP contribution in [-0.2, 0) is 21.2 Å². The molecule has 0 unspecified atom stereocenters. The lowest BCUT2D eigenvalue weighted by atomic mass is 10.1. The van der Waals surface area contributed by atoms with E-state index in [0.717, 1.165) is 23.7 Å². The van der Waals surface area contributed by atoms with Gasteiger partial charge in [0.1, 0.15) is 22.0 Å². The van der Waals surface area contributed by atoms with Crippen LogP contribution >= 0.6 is 11.7 Å². The Labute approximate surface area is 184 Å². The first-order valence-corrected chi connectivity index (χ1v) is 11.9. The number of fused-ring (bicyclic) bond motifs is 1. The van der Waals surface area contributed by atoms with Crippen molar-refractivity contribution in [1.29, 1.82) is 0 Å². The molecule has 2 N–H and O–H groups in total. The summed E-state index contributed by atoms with van der Waals surface area (Å²) in [6, 6.07) is 19.8. The van der Waals surface area contributed by atoms with Gasteiger partial charge in [0.15, 0.2) is 0 Å². The van der Waals surface area contributed by atoms with E-state index >= 15 is 0 Å². The highest BCUT2D eigenvalue weighted by Gasteiger charge is 2.29. The molecule has 158 valence electrons. The van der Waals surface area contributed by atoms with Gasteiger partial charge in [-0.15, -0.1) is 0 Å². The van der Waals surface area contributed by atoms with E-state index in [1.165, 1.54) is 6.07 Å². The Hall–Kier alpha value is -3.14. The van der Waals surface area contributed by atoms with E-state index in [9.17, 15) is 13.2 Å². The first kappa shape index (κ1) is 21.1. The van der Waals surface area contributed by atoms with Crippen LogP contribution in [-0.4, -0.2) is 23.1 Å². The van der Waals surface area contributed by atoms with Crippen molar-refractivity contribution in [2.45, 2.75) is 24.3 Å². The van der Waals surface area contributed by atoms with Crippen LogP contribution in [0.3, 0.4) is 0 Å². The standard InChI is InChI=1S/C22H20N4O3S2/c1-2-15-9-6-7-12-17(15)23-22(27)20(16-10-4-3-5-11-16)26-31(28,29)19-14-8-13-18-21(19)25-30-24-18/h3-14,20,26H,2H2,1H3,(H,23,27)/t20-/m0/s1. The van der Waals surface area contributed by atoms with Crippen molar-refractivity contribution in [1.82, 2.24) is 13.5 Å². The molecule has 0 fully saturated rings. The number of aromatic nitrogens is 2. The first-order chi connectivity index (χ1) is 15.0. The van der Waals surface area contributed by atoms with Gasteiger partial charge >= 0.3 is 0 Å². The monoisotopic (exact) mass is 452 g/mol. The van der Waals surface area contributed by atoms with Crippen molar-refractivity contribution in [2.75, 3.05) is 5.32 Å². The number of carbonyl (C=O) groups is 1. The number of para-hydroxylation sites is 1. The van der Waals surface area contributed by atoms with Gasteiger partial charge in [-0.3, -0.25) is 4.79 Å². The van der Waals surface area contributed by atoms with Gasteiger partial charge in [0.25, 0.3) is 0 Å². The molecule has 0 aliphatic heterocycles. The van der Waals surface area contributed by atoms with E-state index in [0.29, 0.717) is 16.8 Å². The van der Waals surface area contributed by atoms with E-state index in [2.05, 4.69) is 18.8 Å². The summed E-state index contributed by atoms with van der Waals surface area (Å²) < 4.78 is 37.3. The van der Waals surface area contributed by atoms with E-state index < -0.39 is 22.0 Å². The van der Waals surface area contributed by atoms with Gasteiger partial charge in [0.05, 0.1) is 11.7 Å². The van der Waals surface area contributed by atoms with Gasteiger partial charge in [0, 0.05) is 5.69 Å². The number of amides is 1. The minimum Gasteiger partial charge on any atom is -0.324 e. The fourth-order valence-corrected chi connectivity index (χ4v) is 5.24. The molecule has 1 atom stereocenters. The molecule has 0 radical (unpaired) electrons. The molecule has 4 rings (SSSR count). The summed E-state index contributed by atoms with van der Waals surface area (Å²) in [4.78, 5) is 13.2. The number of anilines is 1. The topological polar surface area (TPSA) is 101 Å². The second-order valence-corrected chi connectivity index (χ2v) is 9.06. The summed E-state index contributed by atoms with van der Waals surface area (Å²) in [6.45, 7) is 1.99. The molecule has 1 amide bonds. The Bertz CT molecular complexity index is 1320. The highest BCUT2D eigenvalue weighted by atomic mass is 32.2. The minimum absolute atomic E-state index is 0.0126. The van der Waals surface area contributed by atoms with Crippen molar-refractivity contribution < 1.29 is 13.2 Å². The van der Waals surface area contributed by atoms with Gasteiger partial charge in [-0.25, -0.2) is 8.42 Å². The molecule has 0 aliphatic carbocycles. The second kappa shape index (κ2) is 8.93. The number of aryl methyl sites for hydroxylation is 1. The third kappa shape index (κ3) is 4.48. The quantitative estimate of drug-likeness (QED) is 0.443. The molecule has 9 heteroatoms. The molecule has 0 spiro atoms. The van der Waals surface area contributed by atoms with Crippen LogP contribution in [0, 0.1) is 0 Å². The second-order valence-electron chi connectivity index (χ2n) is 6.85. The maximum Gasteiger partial charge on any atom is 0.247 e. The first-order valence-electron chi connectivity index (χ1n) is 9.67. The number of nitrogens with zero attached hydrogens (tertiary/aromatic N) is 2. The molecule has 0 bridgehead atoms. The number of rotatable bonds is 7. The SMILES string of the molecule is CCc1ccccc1NC(=O)[C@@H](NS(=O)(=O)c1cccc2nsnc12)c1ccccc1. The van der Waals surface area contributed by atoms with Crippen LogP contribution in [0.15, 0.2) is 77.7 Å². The zero-order valence-corrected chi connectivity index (χ0v) is 18.3. The van der Waals surface area contributed by atoms with Crippen LogP contribution in [0.25, 0.3) is 11.0 Å². The highest BCUT2D eigenvalue weighted by molar-refractivity contribution is 7.89. The van der Waals surface area contributed by atoms with Crippen molar-refractivity contribution in [3.8, 4) is 0 Å². The maximum atomic E-state index is 13.3. The van der Waals surface area contributed by atoms with Crippen LogP contribution < -0.4 is 10.0 Å². The smallest absolute Gasteiger partial charge is 0.247 e. The molecule has 1 heterocycles. The summed E-state index contributed by atoms with van der Waals surface area (Å²) in [5.74, 6) is -0.473. The molecular formula is C22H20N4O3S2. The Kier molecular flexibility index (Phi) is 6.08. The summed E-state index contributed by atoms with van der Waals surface area (Å²) >= 11 is 0.939. The van der Waals surface area contributed by atoms with Crippen molar-refractivity contribution in [3.05, 3.63) is 83.9 Å². The van der Waals surface area contributed by atoms with Gasteiger partial charge in [0.2, 0.25) is 15.9 Å². The average molecular weight is 453 g/mol. The normalized spacial score (nSPS) is 12.5. The van der Waals surface area contributed by atoms with Gasteiger partial charge < -0.3 is 5.32 Å². The van der Waals surface area contributed by atoms with Gasteiger partial charge in [-0.2, -0.15) is 13.5 Å². The number of hydrogen-bond donors (Lipinski definition) is 2. The molecule has 0 saturated carbocycles. The van der Waals surface area contributed by atoms with Gasteiger partial charge in [-0.05, 0) is 35.7 Å². The third-order valence-corrected chi connectivity index (χ3v) is 6.86. The average Bonchev–Trinajstić information content (AvgIpc) is 3.27.